The van der Waals surface area contributed by atoms with Gasteiger partial charge in [-0.25, -0.2) is 4.79 Å². The second-order valence-electron chi connectivity index (χ2n) is 6.73. The summed E-state index contributed by atoms with van der Waals surface area (Å²) in [5.74, 6) is -0.482. The molecule has 2 rings (SSSR count). The van der Waals surface area contributed by atoms with Crippen molar-refractivity contribution >= 4 is 17.9 Å². The van der Waals surface area contributed by atoms with E-state index < -0.39 is 24.0 Å². The van der Waals surface area contributed by atoms with E-state index in [-0.39, 0.29) is 12.5 Å². The van der Waals surface area contributed by atoms with E-state index in [0.29, 0.717) is 12.2 Å². The lowest BCUT2D eigenvalue weighted by Gasteiger charge is -2.23. The van der Waals surface area contributed by atoms with Crippen molar-refractivity contribution in [1.82, 2.24) is 15.8 Å². The maximum absolute atomic E-state index is 12.0. The first kappa shape index (κ1) is 19.9. The summed E-state index contributed by atoms with van der Waals surface area (Å²) >= 11 is 0. The molecule has 1 fully saturated rings. The first-order chi connectivity index (χ1) is 12.4. The maximum Gasteiger partial charge on any atom is 0.321 e. The van der Waals surface area contributed by atoms with Crippen molar-refractivity contribution in [2.75, 3.05) is 0 Å². The van der Waals surface area contributed by atoms with Gasteiger partial charge in [-0.1, -0.05) is 24.4 Å². The van der Waals surface area contributed by atoms with Gasteiger partial charge in [-0.3, -0.25) is 14.9 Å². The predicted octanol–water partition coefficient (Wildman–Crippen LogP) is 2.31. The largest absolute Gasteiger partial charge is 0.453 e. The van der Waals surface area contributed by atoms with Crippen molar-refractivity contribution in [2.24, 2.45) is 0 Å². The highest BCUT2D eigenvalue weighted by Crippen LogP contribution is 2.17. The molecule has 3 amide bonds. The number of nitrogens with one attached hydrogen (secondary N) is 2. The predicted molar refractivity (Wildman–Crippen MR) is 93.4 cm³/mol. The molecule has 144 valence electrons. The third-order valence-corrected chi connectivity index (χ3v) is 4.61. The Kier molecular flexibility index (Phi) is 7.17. The Morgan fingerprint density at radius 1 is 1.23 bits per heavy atom. The number of carbonyl (C=O) groups is 3. The lowest BCUT2D eigenvalue weighted by Crippen LogP contribution is -2.48. The summed E-state index contributed by atoms with van der Waals surface area (Å²) in [7, 11) is 0. The fraction of sp³-hybridized carbons (Fsp3) is 0.667. The highest BCUT2D eigenvalue weighted by Gasteiger charge is 2.22. The van der Waals surface area contributed by atoms with Gasteiger partial charge in [0.15, 0.2) is 6.10 Å². The van der Waals surface area contributed by atoms with Crippen LogP contribution in [0.3, 0.4) is 0 Å². The molecule has 0 aliphatic heterocycles. The summed E-state index contributed by atoms with van der Waals surface area (Å²) in [5, 5.41) is 8.84. The number of esters is 1. The fourth-order valence-corrected chi connectivity index (χ4v) is 3.08. The summed E-state index contributed by atoms with van der Waals surface area (Å²) in [6.07, 6.45) is 4.69. The number of ether oxygens (including phenoxy) is 1. The van der Waals surface area contributed by atoms with Crippen molar-refractivity contribution in [3.63, 3.8) is 0 Å². The molecule has 0 spiro atoms. The zero-order chi connectivity index (χ0) is 19.1. The lowest BCUT2D eigenvalue weighted by atomic mass is 9.96. The lowest BCUT2D eigenvalue weighted by molar-refractivity contribution is -0.154. The summed E-state index contributed by atoms with van der Waals surface area (Å²) < 4.78 is 10.1. The molecular formula is C18H27N3O5. The third kappa shape index (κ3) is 5.86. The summed E-state index contributed by atoms with van der Waals surface area (Å²) in [4.78, 5) is 35.8. The quantitative estimate of drug-likeness (QED) is 0.749. The van der Waals surface area contributed by atoms with Crippen molar-refractivity contribution in [1.29, 1.82) is 0 Å². The highest BCUT2D eigenvalue weighted by molar-refractivity contribution is 5.97. The first-order valence-corrected chi connectivity index (χ1v) is 9.09. The number of imide groups is 1. The van der Waals surface area contributed by atoms with Crippen molar-refractivity contribution in [2.45, 2.75) is 77.9 Å². The Morgan fingerprint density at radius 3 is 2.54 bits per heavy atom. The minimum absolute atomic E-state index is 0.101. The number of nitrogens with zero attached hydrogens (tertiary/aromatic N) is 1. The molecule has 0 saturated heterocycles. The Labute approximate surface area is 153 Å². The summed E-state index contributed by atoms with van der Waals surface area (Å²) in [6.45, 7) is 5.02. The van der Waals surface area contributed by atoms with Crippen LogP contribution >= 0.6 is 0 Å². The van der Waals surface area contributed by atoms with Gasteiger partial charge in [0.2, 0.25) is 0 Å². The van der Waals surface area contributed by atoms with E-state index in [1.165, 1.54) is 13.3 Å². The fourth-order valence-electron chi connectivity index (χ4n) is 3.08. The molecule has 1 aliphatic carbocycles. The molecule has 1 saturated carbocycles. The van der Waals surface area contributed by atoms with E-state index in [9.17, 15) is 14.4 Å². The maximum atomic E-state index is 12.0. The smallest absolute Gasteiger partial charge is 0.321 e. The van der Waals surface area contributed by atoms with E-state index in [1.54, 1.807) is 13.8 Å². The van der Waals surface area contributed by atoms with Crippen molar-refractivity contribution in [3.05, 3.63) is 17.0 Å². The average Bonchev–Trinajstić information content (AvgIpc) is 2.92. The highest BCUT2D eigenvalue weighted by atomic mass is 16.5. The molecule has 0 radical (unpaired) electrons. The van der Waals surface area contributed by atoms with Gasteiger partial charge in [-0.2, -0.15) is 0 Å². The van der Waals surface area contributed by atoms with Crippen LogP contribution in [0, 0.1) is 13.8 Å². The molecule has 8 nitrogen and oxygen atoms in total. The monoisotopic (exact) mass is 365 g/mol. The zero-order valence-electron chi connectivity index (χ0n) is 15.6. The number of amides is 3. The van der Waals surface area contributed by atoms with Crippen LogP contribution < -0.4 is 10.6 Å². The number of carbonyl (C=O) groups excluding carboxylic acids is 3. The Morgan fingerprint density at radius 2 is 1.92 bits per heavy atom. The molecule has 1 aromatic heterocycles. The van der Waals surface area contributed by atoms with Gasteiger partial charge in [0.25, 0.3) is 5.91 Å². The van der Waals surface area contributed by atoms with Gasteiger partial charge in [-0.05, 0) is 40.0 Å². The normalized spacial score (nSPS) is 16.0. The third-order valence-electron chi connectivity index (χ3n) is 4.61. The van der Waals surface area contributed by atoms with E-state index in [1.807, 2.05) is 0 Å². The van der Waals surface area contributed by atoms with Gasteiger partial charge in [0.05, 0.1) is 5.69 Å². The molecule has 1 aliphatic rings. The van der Waals surface area contributed by atoms with Crippen LogP contribution in [0.1, 0.15) is 62.5 Å². The Bertz CT molecular complexity index is 630. The molecular weight excluding hydrogens is 338 g/mol. The van der Waals surface area contributed by atoms with Crippen LogP contribution in [-0.2, 0) is 20.7 Å². The Balaban J connectivity index is 1.71. The van der Waals surface area contributed by atoms with Gasteiger partial charge >= 0.3 is 12.0 Å². The van der Waals surface area contributed by atoms with E-state index in [4.69, 9.17) is 9.26 Å². The average molecular weight is 365 g/mol. The van der Waals surface area contributed by atoms with E-state index >= 15 is 0 Å². The molecule has 0 bridgehead atoms. The van der Waals surface area contributed by atoms with Crippen LogP contribution in [0.15, 0.2) is 4.52 Å². The SMILES string of the molecule is Cc1noc(C)c1CCC(=O)O[C@H](C)C(=O)NC(=O)NC1CCCCC1. The van der Waals surface area contributed by atoms with Gasteiger partial charge in [-0.15, -0.1) is 0 Å². The Hall–Kier alpha value is -2.38. The number of aromatic nitrogens is 1. The van der Waals surface area contributed by atoms with E-state index in [2.05, 4.69) is 15.8 Å². The topological polar surface area (TPSA) is 111 Å². The van der Waals surface area contributed by atoms with Crippen LogP contribution in [0.2, 0.25) is 0 Å². The minimum Gasteiger partial charge on any atom is -0.453 e. The molecule has 1 heterocycles. The van der Waals surface area contributed by atoms with Gasteiger partial charge in [0.1, 0.15) is 5.76 Å². The molecule has 8 heteroatoms. The minimum atomic E-state index is -1.04. The molecule has 0 unspecified atom stereocenters. The van der Waals surface area contributed by atoms with Crippen LogP contribution in [0.5, 0.6) is 0 Å². The second kappa shape index (κ2) is 9.35. The number of aryl methyl sites for hydroxylation is 2. The standard InChI is InChI=1S/C18H27N3O5/c1-11-15(12(2)26-21-11)9-10-16(22)25-13(3)17(23)20-18(24)19-14-7-5-4-6-8-14/h13-14H,4-10H2,1-3H3,(H2,19,20,23,24)/t13-/m1/s1. The van der Waals surface area contributed by atoms with Gasteiger partial charge < -0.3 is 14.6 Å². The molecule has 1 aromatic rings. The number of hydrogen-bond donors (Lipinski definition) is 2. The van der Waals surface area contributed by atoms with E-state index in [0.717, 1.165) is 36.9 Å². The van der Waals surface area contributed by atoms with Crippen LogP contribution in [0.25, 0.3) is 0 Å². The summed E-state index contributed by atoms with van der Waals surface area (Å²) in [6, 6.07) is -0.440. The first-order valence-electron chi connectivity index (χ1n) is 9.09. The second-order valence-corrected chi connectivity index (χ2v) is 6.73. The summed E-state index contributed by atoms with van der Waals surface area (Å²) in [5.41, 5.74) is 1.60. The molecule has 0 aromatic carbocycles. The van der Waals surface area contributed by atoms with Gasteiger partial charge in [0, 0.05) is 18.0 Å². The number of rotatable bonds is 6. The van der Waals surface area contributed by atoms with Crippen LogP contribution in [-0.4, -0.2) is 35.2 Å². The molecule has 2 N–H and O–H groups in total. The molecule has 26 heavy (non-hydrogen) atoms. The van der Waals surface area contributed by atoms with Crippen molar-refractivity contribution < 1.29 is 23.6 Å². The van der Waals surface area contributed by atoms with Crippen molar-refractivity contribution in [3.8, 4) is 0 Å². The number of urea groups is 1. The zero-order valence-corrected chi connectivity index (χ0v) is 15.6. The number of hydrogen-bond acceptors (Lipinski definition) is 6. The van der Waals surface area contributed by atoms with Crippen LogP contribution in [0.4, 0.5) is 4.79 Å². The molecule has 1 atom stereocenters.